The van der Waals surface area contributed by atoms with Gasteiger partial charge in [-0.3, -0.25) is 4.79 Å². The number of carbonyl (C=O) groups is 1. The second-order valence-corrected chi connectivity index (χ2v) is 3.22. The van der Waals surface area contributed by atoms with Crippen LogP contribution in [0.5, 0.6) is 0 Å². The molecule has 0 aliphatic heterocycles. The van der Waals surface area contributed by atoms with E-state index >= 15 is 0 Å². The first kappa shape index (κ1) is 11.0. The van der Waals surface area contributed by atoms with Gasteiger partial charge in [-0.15, -0.1) is 11.6 Å². The Balaban J connectivity index is 2.55. The number of amides is 1. The summed E-state index contributed by atoms with van der Waals surface area (Å²) in [6.45, 7) is 0.00983. The number of halogens is 1. The van der Waals surface area contributed by atoms with Crippen molar-refractivity contribution in [1.29, 1.82) is 0 Å². The SMILES string of the molecule is O=C(CCCl)Nc1ccc(CO)cc1. The molecule has 0 saturated heterocycles. The van der Waals surface area contributed by atoms with Crippen LogP contribution in [-0.4, -0.2) is 16.9 Å². The van der Waals surface area contributed by atoms with E-state index in [1.165, 1.54) is 0 Å². The summed E-state index contributed by atoms with van der Waals surface area (Å²) in [5.74, 6) is 0.220. The van der Waals surface area contributed by atoms with Crippen LogP contribution in [0, 0.1) is 0 Å². The van der Waals surface area contributed by atoms with Crippen molar-refractivity contribution in [3.8, 4) is 0 Å². The number of hydrogen-bond acceptors (Lipinski definition) is 2. The summed E-state index contributed by atoms with van der Waals surface area (Å²) in [5.41, 5.74) is 1.54. The number of rotatable bonds is 4. The first-order valence-electron chi connectivity index (χ1n) is 4.32. The van der Waals surface area contributed by atoms with Crippen LogP contribution in [0.1, 0.15) is 12.0 Å². The molecule has 14 heavy (non-hydrogen) atoms. The molecule has 0 saturated carbocycles. The number of anilines is 1. The van der Waals surface area contributed by atoms with Gasteiger partial charge in [0.1, 0.15) is 0 Å². The first-order chi connectivity index (χ1) is 6.76. The molecular weight excluding hydrogens is 202 g/mol. The van der Waals surface area contributed by atoms with E-state index in [0.29, 0.717) is 12.3 Å². The van der Waals surface area contributed by atoms with Crippen LogP contribution in [-0.2, 0) is 11.4 Å². The number of aliphatic hydroxyl groups is 1. The van der Waals surface area contributed by atoms with Crippen LogP contribution in [0.4, 0.5) is 5.69 Å². The maximum absolute atomic E-state index is 11.1. The molecule has 0 aliphatic rings. The van der Waals surface area contributed by atoms with Crippen LogP contribution in [0.25, 0.3) is 0 Å². The first-order valence-corrected chi connectivity index (χ1v) is 4.85. The number of nitrogens with one attached hydrogen (secondary N) is 1. The van der Waals surface area contributed by atoms with E-state index in [9.17, 15) is 4.79 Å². The van der Waals surface area contributed by atoms with Gasteiger partial charge in [-0.25, -0.2) is 0 Å². The van der Waals surface area contributed by atoms with Gasteiger partial charge in [-0.2, -0.15) is 0 Å². The van der Waals surface area contributed by atoms with Crippen molar-refractivity contribution in [1.82, 2.24) is 0 Å². The van der Waals surface area contributed by atoms with Crippen molar-refractivity contribution in [2.45, 2.75) is 13.0 Å². The van der Waals surface area contributed by atoms with Crippen LogP contribution < -0.4 is 5.32 Å². The van der Waals surface area contributed by atoms with Crippen LogP contribution in [0.2, 0.25) is 0 Å². The van der Waals surface area contributed by atoms with E-state index in [-0.39, 0.29) is 12.5 Å². The monoisotopic (exact) mass is 213 g/mol. The van der Waals surface area contributed by atoms with Crippen molar-refractivity contribution in [3.05, 3.63) is 29.8 Å². The lowest BCUT2D eigenvalue weighted by Crippen LogP contribution is -2.11. The van der Waals surface area contributed by atoms with E-state index in [1.54, 1.807) is 24.3 Å². The Morgan fingerprint density at radius 2 is 2.00 bits per heavy atom. The summed E-state index contributed by atoms with van der Waals surface area (Å²) < 4.78 is 0. The summed E-state index contributed by atoms with van der Waals surface area (Å²) in [5, 5.41) is 11.5. The molecule has 3 nitrogen and oxygen atoms in total. The van der Waals surface area contributed by atoms with Gasteiger partial charge < -0.3 is 10.4 Å². The molecule has 0 bridgehead atoms. The van der Waals surface area contributed by atoms with Gasteiger partial charge in [0, 0.05) is 18.0 Å². The lowest BCUT2D eigenvalue weighted by molar-refractivity contribution is -0.115. The normalized spacial score (nSPS) is 9.86. The Morgan fingerprint density at radius 1 is 1.36 bits per heavy atom. The minimum absolute atomic E-state index is 0.00983. The van der Waals surface area contributed by atoms with Crippen LogP contribution in [0.15, 0.2) is 24.3 Å². The fraction of sp³-hybridized carbons (Fsp3) is 0.300. The molecule has 0 aliphatic carbocycles. The molecule has 1 amide bonds. The maximum Gasteiger partial charge on any atom is 0.225 e. The topological polar surface area (TPSA) is 49.3 Å². The highest BCUT2D eigenvalue weighted by Crippen LogP contribution is 2.09. The number of carbonyl (C=O) groups excluding carboxylic acids is 1. The predicted octanol–water partition coefficient (Wildman–Crippen LogP) is 1.75. The molecule has 1 aromatic carbocycles. The highest BCUT2D eigenvalue weighted by molar-refractivity contribution is 6.19. The van der Waals surface area contributed by atoms with Gasteiger partial charge in [-0.05, 0) is 17.7 Å². The molecule has 0 aromatic heterocycles. The molecule has 1 rings (SSSR count). The fourth-order valence-corrected chi connectivity index (χ4v) is 1.17. The van der Waals surface area contributed by atoms with Crippen LogP contribution in [0.3, 0.4) is 0 Å². The van der Waals surface area contributed by atoms with E-state index in [1.807, 2.05) is 0 Å². The zero-order valence-corrected chi connectivity index (χ0v) is 8.42. The number of hydrogen-bond donors (Lipinski definition) is 2. The Labute approximate surface area is 87.7 Å². The molecule has 4 heteroatoms. The molecular formula is C10H12ClNO2. The zero-order chi connectivity index (χ0) is 10.4. The zero-order valence-electron chi connectivity index (χ0n) is 7.66. The third-order valence-corrected chi connectivity index (χ3v) is 1.93. The highest BCUT2D eigenvalue weighted by atomic mass is 35.5. The van der Waals surface area contributed by atoms with Crippen molar-refractivity contribution >= 4 is 23.2 Å². The molecule has 0 unspecified atom stereocenters. The lowest BCUT2D eigenvalue weighted by Gasteiger charge is -2.04. The molecule has 0 fully saturated rings. The second kappa shape index (κ2) is 5.62. The average Bonchev–Trinajstić information content (AvgIpc) is 2.19. The van der Waals surface area contributed by atoms with Gasteiger partial charge >= 0.3 is 0 Å². The van der Waals surface area contributed by atoms with Crippen LogP contribution >= 0.6 is 11.6 Å². The smallest absolute Gasteiger partial charge is 0.225 e. The minimum atomic E-state index is -0.100. The van der Waals surface area contributed by atoms with Gasteiger partial charge in [0.15, 0.2) is 0 Å². The third kappa shape index (κ3) is 3.36. The molecule has 0 heterocycles. The number of aliphatic hydroxyl groups excluding tert-OH is 1. The third-order valence-electron chi connectivity index (χ3n) is 1.74. The summed E-state index contributed by atoms with van der Waals surface area (Å²) in [6, 6.07) is 7.02. The summed E-state index contributed by atoms with van der Waals surface area (Å²) >= 11 is 5.42. The highest BCUT2D eigenvalue weighted by Gasteiger charge is 2.00. The second-order valence-electron chi connectivity index (χ2n) is 2.84. The van der Waals surface area contributed by atoms with E-state index in [0.717, 1.165) is 11.3 Å². The molecule has 0 spiro atoms. The summed E-state index contributed by atoms with van der Waals surface area (Å²) in [7, 11) is 0. The summed E-state index contributed by atoms with van der Waals surface area (Å²) in [6.07, 6.45) is 0.309. The molecule has 0 radical (unpaired) electrons. The summed E-state index contributed by atoms with van der Waals surface area (Å²) in [4.78, 5) is 11.1. The largest absolute Gasteiger partial charge is 0.392 e. The molecule has 76 valence electrons. The van der Waals surface area contributed by atoms with E-state index in [2.05, 4.69) is 5.32 Å². The van der Waals surface area contributed by atoms with Crippen molar-refractivity contribution in [3.63, 3.8) is 0 Å². The van der Waals surface area contributed by atoms with E-state index < -0.39 is 0 Å². The fourth-order valence-electron chi connectivity index (χ4n) is 1.00. The quantitative estimate of drug-likeness (QED) is 0.749. The van der Waals surface area contributed by atoms with E-state index in [4.69, 9.17) is 16.7 Å². The Morgan fingerprint density at radius 3 is 2.50 bits per heavy atom. The molecule has 2 N–H and O–H groups in total. The lowest BCUT2D eigenvalue weighted by atomic mass is 10.2. The van der Waals surface area contributed by atoms with Gasteiger partial charge in [0.25, 0.3) is 0 Å². The van der Waals surface area contributed by atoms with Gasteiger partial charge in [0.05, 0.1) is 6.61 Å². The van der Waals surface area contributed by atoms with Crippen molar-refractivity contribution in [2.75, 3.05) is 11.2 Å². The predicted molar refractivity (Wildman–Crippen MR) is 56.3 cm³/mol. The van der Waals surface area contributed by atoms with Gasteiger partial charge in [0.2, 0.25) is 5.91 Å². The number of alkyl halides is 1. The Bertz CT molecular complexity index is 297. The molecule has 0 atom stereocenters. The maximum atomic E-state index is 11.1. The Hall–Kier alpha value is -1.06. The minimum Gasteiger partial charge on any atom is -0.392 e. The number of benzene rings is 1. The average molecular weight is 214 g/mol. The van der Waals surface area contributed by atoms with Crippen molar-refractivity contribution in [2.24, 2.45) is 0 Å². The molecule has 1 aromatic rings. The van der Waals surface area contributed by atoms with Gasteiger partial charge in [-0.1, -0.05) is 12.1 Å². The standard InChI is InChI=1S/C10H12ClNO2/c11-6-5-10(14)12-9-3-1-8(7-13)2-4-9/h1-4,13H,5-7H2,(H,12,14). The van der Waals surface area contributed by atoms with Crippen molar-refractivity contribution < 1.29 is 9.90 Å². The Kier molecular flexibility index (Phi) is 4.43.